The molecule has 32 heavy (non-hydrogen) atoms. The molecule has 10 heteroatoms. The molecule has 0 radical (unpaired) electrons. The molecule has 3 aromatic heterocycles. The molecule has 0 unspecified atom stereocenters. The lowest BCUT2D eigenvalue weighted by molar-refractivity contribution is 0.0678. The molecule has 0 atom stereocenters. The fourth-order valence-corrected chi connectivity index (χ4v) is 6.33. The third kappa shape index (κ3) is 3.61. The minimum Gasteiger partial charge on any atom is -0.495 e. The number of rotatable bonds is 6. The van der Waals surface area contributed by atoms with E-state index in [4.69, 9.17) is 9.72 Å². The first kappa shape index (κ1) is 21.1. The number of benzene rings is 1. The lowest BCUT2D eigenvalue weighted by atomic mass is 9.97. The van der Waals surface area contributed by atoms with Crippen molar-refractivity contribution >= 4 is 33.3 Å². The summed E-state index contributed by atoms with van der Waals surface area (Å²) in [5.41, 5.74) is 1.52. The van der Waals surface area contributed by atoms with Gasteiger partial charge in [0.25, 0.3) is 5.56 Å². The zero-order chi connectivity index (χ0) is 22.2. The number of ether oxygens (including phenoxy) is 1. The summed E-state index contributed by atoms with van der Waals surface area (Å²) in [5.74, 6) is 0.905. The number of thiophene rings is 1. The number of hydrogen-bond acceptors (Lipinski definition) is 6. The van der Waals surface area contributed by atoms with Crippen LogP contribution >= 0.6 is 23.1 Å². The first-order chi connectivity index (χ1) is 15.6. The van der Waals surface area contributed by atoms with Crippen LogP contribution in [0.3, 0.4) is 0 Å². The first-order valence-corrected chi connectivity index (χ1v) is 12.0. The van der Waals surface area contributed by atoms with E-state index in [9.17, 15) is 13.6 Å². The summed E-state index contributed by atoms with van der Waals surface area (Å²) in [4.78, 5) is 24.6. The molecule has 0 saturated heterocycles. The average Bonchev–Trinajstić information content (AvgIpc) is 3.42. The molecule has 0 aliphatic heterocycles. The molecule has 1 aliphatic carbocycles. The predicted octanol–water partition coefficient (Wildman–Crippen LogP) is 5.22. The van der Waals surface area contributed by atoms with Crippen LogP contribution in [0.25, 0.3) is 15.9 Å². The van der Waals surface area contributed by atoms with Crippen LogP contribution in [-0.2, 0) is 18.6 Å². The van der Waals surface area contributed by atoms with Crippen LogP contribution < -0.4 is 10.3 Å². The number of fused-ring (bicyclic) bond motifs is 3. The standard InChI is InChI=1S/C22H20F2N4O2S2/c1-30-15-8-4-3-7-14(15)28-20(29)18-13-6-2-5-9-16(13)32-19(18)26-22(28)31-12-17-25-10-11-27(17)21(23)24/h3-4,7-8,10-11,21H,2,5-6,9,12H2,1H3. The van der Waals surface area contributed by atoms with Gasteiger partial charge < -0.3 is 4.74 Å². The molecule has 1 aliphatic rings. The van der Waals surface area contributed by atoms with Gasteiger partial charge in [-0.3, -0.25) is 13.9 Å². The van der Waals surface area contributed by atoms with Gasteiger partial charge in [-0.2, -0.15) is 8.78 Å². The zero-order valence-corrected chi connectivity index (χ0v) is 18.9. The van der Waals surface area contributed by atoms with Gasteiger partial charge >= 0.3 is 6.55 Å². The molecule has 1 aromatic carbocycles. The lowest BCUT2D eigenvalue weighted by Crippen LogP contribution is -2.23. The highest BCUT2D eigenvalue weighted by Crippen LogP contribution is 2.36. The highest BCUT2D eigenvalue weighted by molar-refractivity contribution is 7.98. The van der Waals surface area contributed by atoms with Crippen molar-refractivity contribution in [3.63, 3.8) is 0 Å². The summed E-state index contributed by atoms with van der Waals surface area (Å²) in [6, 6.07) is 7.25. The first-order valence-electron chi connectivity index (χ1n) is 10.2. The van der Waals surface area contributed by atoms with Gasteiger partial charge in [0.15, 0.2) is 5.16 Å². The number of aryl methyl sites for hydroxylation is 2. The second-order valence-electron chi connectivity index (χ2n) is 7.41. The van der Waals surface area contributed by atoms with E-state index in [1.807, 2.05) is 12.1 Å². The predicted molar refractivity (Wildman–Crippen MR) is 121 cm³/mol. The Morgan fingerprint density at radius 2 is 2.06 bits per heavy atom. The van der Waals surface area contributed by atoms with Crippen LogP contribution in [0.5, 0.6) is 5.75 Å². The van der Waals surface area contributed by atoms with Crippen molar-refractivity contribution in [3.05, 3.63) is 63.3 Å². The molecule has 0 saturated carbocycles. The van der Waals surface area contributed by atoms with Gasteiger partial charge in [-0.25, -0.2) is 9.97 Å². The normalized spacial score (nSPS) is 13.6. The molecule has 0 N–H and O–H groups in total. The van der Waals surface area contributed by atoms with Gasteiger partial charge in [-0.15, -0.1) is 11.3 Å². The van der Waals surface area contributed by atoms with Gasteiger partial charge in [-0.05, 0) is 43.4 Å². The SMILES string of the molecule is COc1ccccc1-n1c(SCc2nccn2C(F)F)nc2sc3c(c2c1=O)CCCC3. The van der Waals surface area contributed by atoms with Crippen LogP contribution in [0, 0.1) is 0 Å². The van der Waals surface area contributed by atoms with Gasteiger partial charge in [0.1, 0.15) is 16.4 Å². The van der Waals surface area contributed by atoms with E-state index >= 15 is 0 Å². The van der Waals surface area contributed by atoms with Crippen molar-refractivity contribution in [2.45, 2.75) is 43.1 Å². The molecule has 166 valence electrons. The maximum Gasteiger partial charge on any atom is 0.319 e. The largest absolute Gasteiger partial charge is 0.495 e. The lowest BCUT2D eigenvalue weighted by Gasteiger charge is -2.16. The Morgan fingerprint density at radius 3 is 2.88 bits per heavy atom. The van der Waals surface area contributed by atoms with Crippen molar-refractivity contribution in [1.82, 2.24) is 19.1 Å². The van der Waals surface area contributed by atoms with Crippen molar-refractivity contribution in [1.29, 1.82) is 0 Å². The number of imidazole rings is 1. The van der Waals surface area contributed by atoms with Crippen LogP contribution in [0.2, 0.25) is 0 Å². The molecular formula is C22H20F2N4O2S2. The topological polar surface area (TPSA) is 61.9 Å². The summed E-state index contributed by atoms with van der Waals surface area (Å²) in [6.45, 7) is -2.68. The summed E-state index contributed by atoms with van der Waals surface area (Å²) in [7, 11) is 1.55. The Hall–Kier alpha value is -2.72. The number of aromatic nitrogens is 4. The maximum absolute atomic E-state index is 13.8. The Morgan fingerprint density at radius 1 is 1.25 bits per heavy atom. The molecule has 0 amide bonds. The second-order valence-corrected chi connectivity index (χ2v) is 9.44. The maximum atomic E-state index is 13.8. The van der Waals surface area contributed by atoms with Crippen molar-refractivity contribution in [3.8, 4) is 11.4 Å². The monoisotopic (exact) mass is 474 g/mol. The van der Waals surface area contributed by atoms with Gasteiger partial charge in [-0.1, -0.05) is 23.9 Å². The van der Waals surface area contributed by atoms with Gasteiger partial charge in [0, 0.05) is 17.3 Å². The van der Waals surface area contributed by atoms with Crippen LogP contribution in [0.1, 0.15) is 35.7 Å². The number of nitrogens with zero attached hydrogens (tertiary/aromatic N) is 4. The zero-order valence-electron chi connectivity index (χ0n) is 17.3. The summed E-state index contributed by atoms with van der Waals surface area (Å²) < 4.78 is 34.4. The van der Waals surface area contributed by atoms with Crippen LogP contribution in [0.15, 0.2) is 46.6 Å². The van der Waals surface area contributed by atoms with Crippen LogP contribution in [0.4, 0.5) is 8.78 Å². The molecule has 4 aromatic rings. The van der Waals surface area contributed by atoms with Crippen molar-refractivity contribution in [2.24, 2.45) is 0 Å². The fraction of sp³-hybridized carbons (Fsp3) is 0.318. The van der Waals surface area contributed by atoms with Crippen molar-refractivity contribution < 1.29 is 13.5 Å². The molecule has 6 nitrogen and oxygen atoms in total. The number of methoxy groups -OCH3 is 1. The Kier molecular flexibility index (Phi) is 5.73. The van der Waals surface area contributed by atoms with E-state index in [2.05, 4.69) is 4.98 Å². The van der Waals surface area contributed by atoms with E-state index in [0.29, 0.717) is 26.8 Å². The smallest absolute Gasteiger partial charge is 0.319 e. The summed E-state index contributed by atoms with van der Waals surface area (Å²) in [6.07, 6.45) is 6.59. The van der Waals surface area contributed by atoms with Crippen molar-refractivity contribution in [2.75, 3.05) is 7.11 Å². The quantitative estimate of drug-likeness (QED) is 0.283. The third-order valence-corrected chi connectivity index (χ3v) is 7.69. The highest BCUT2D eigenvalue weighted by Gasteiger charge is 2.24. The number of alkyl halides is 2. The second kappa shape index (κ2) is 8.67. The fourth-order valence-electron chi connectivity index (χ4n) is 4.07. The minimum absolute atomic E-state index is 0.148. The molecule has 3 heterocycles. The van der Waals surface area contributed by atoms with E-state index in [0.717, 1.165) is 35.8 Å². The molecule has 0 bridgehead atoms. The number of hydrogen-bond donors (Lipinski definition) is 0. The van der Waals surface area contributed by atoms with E-state index in [-0.39, 0.29) is 17.1 Å². The Balaban J connectivity index is 1.68. The highest BCUT2D eigenvalue weighted by atomic mass is 32.2. The molecule has 5 rings (SSSR count). The molecular weight excluding hydrogens is 454 g/mol. The third-order valence-electron chi connectivity index (χ3n) is 5.57. The average molecular weight is 475 g/mol. The number of para-hydroxylation sites is 2. The summed E-state index contributed by atoms with van der Waals surface area (Å²) in [5, 5.41) is 1.09. The molecule has 0 spiro atoms. The molecule has 0 fully saturated rings. The van der Waals surface area contributed by atoms with E-state index in [1.165, 1.54) is 29.0 Å². The Bertz CT molecular complexity index is 1350. The van der Waals surface area contributed by atoms with E-state index < -0.39 is 6.55 Å². The van der Waals surface area contributed by atoms with Gasteiger partial charge in [0.2, 0.25) is 0 Å². The van der Waals surface area contributed by atoms with Crippen LogP contribution in [-0.4, -0.2) is 26.2 Å². The Labute approximate surface area is 190 Å². The van der Waals surface area contributed by atoms with E-state index in [1.54, 1.807) is 35.1 Å². The minimum atomic E-state index is -2.68. The van der Waals surface area contributed by atoms with Gasteiger partial charge in [0.05, 0.1) is 23.9 Å². The summed E-state index contributed by atoms with van der Waals surface area (Å²) >= 11 is 2.78. The number of halogens is 2. The number of thioether (sulfide) groups is 1.